The number of sulfonamides is 1. The third kappa shape index (κ3) is 7.74. The molecule has 2 N–H and O–H groups in total. The van der Waals surface area contributed by atoms with Gasteiger partial charge in [0.2, 0.25) is 0 Å². The number of piperidine rings is 1. The van der Waals surface area contributed by atoms with Gasteiger partial charge in [0.25, 0.3) is 10.0 Å². The van der Waals surface area contributed by atoms with Gasteiger partial charge in [0.05, 0.1) is 24.3 Å². The second-order valence-corrected chi connectivity index (χ2v) is 11.9. The Bertz CT molecular complexity index is 1520. The van der Waals surface area contributed by atoms with Crippen LogP contribution < -0.4 is 19.5 Å². The molecule has 10 heteroatoms. The molecule has 0 saturated carbocycles. The van der Waals surface area contributed by atoms with Gasteiger partial charge in [0, 0.05) is 23.0 Å². The summed E-state index contributed by atoms with van der Waals surface area (Å²) >= 11 is 0. The first-order chi connectivity index (χ1) is 19.9. The van der Waals surface area contributed by atoms with Crippen LogP contribution in [-0.2, 0) is 10.0 Å². The second kappa shape index (κ2) is 13.0. The van der Waals surface area contributed by atoms with Crippen molar-refractivity contribution in [1.29, 1.82) is 0 Å². The van der Waals surface area contributed by atoms with Crippen molar-refractivity contribution < 1.29 is 17.9 Å². The molecule has 0 bridgehead atoms. The van der Waals surface area contributed by atoms with Gasteiger partial charge in [-0.2, -0.15) is 0 Å². The quantitative estimate of drug-likeness (QED) is 0.232. The fraction of sp³-hybridized carbons (Fsp3) is 0.290. The van der Waals surface area contributed by atoms with Crippen molar-refractivity contribution >= 4 is 27.2 Å². The van der Waals surface area contributed by atoms with E-state index in [1.165, 1.54) is 51.5 Å². The van der Waals surface area contributed by atoms with Crippen LogP contribution >= 0.6 is 0 Å². The molecule has 0 aliphatic carbocycles. The highest BCUT2D eigenvalue weighted by Crippen LogP contribution is 2.26. The first-order valence-electron chi connectivity index (χ1n) is 13.7. The van der Waals surface area contributed by atoms with Crippen LogP contribution in [0.2, 0.25) is 0 Å². The molecule has 1 aromatic heterocycles. The van der Waals surface area contributed by atoms with E-state index in [-0.39, 0.29) is 4.90 Å². The van der Waals surface area contributed by atoms with Crippen LogP contribution in [0.5, 0.6) is 11.5 Å². The van der Waals surface area contributed by atoms with Crippen LogP contribution in [-0.4, -0.2) is 57.1 Å². The fourth-order valence-electron chi connectivity index (χ4n) is 4.74. The average molecular weight is 574 g/mol. The summed E-state index contributed by atoms with van der Waals surface area (Å²) in [6.45, 7) is 3.08. The molecule has 0 amide bonds. The van der Waals surface area contributed by atoms with Gasteiger partial charge < -0.3 is 19.7 Å². The van der Waals surface area contributed by atoms with E-state index in [2.05, 4.69) is 32.0 Å². The highest BCUT2D eigenvalue weighted by Gasteiger charge is 2.17. The number of nitrogens with zero attached hydrogens (tertiary/aromatic N) is 3. The molecule has 9 nitrogen and oxygen atoms in total. The Hall–Kier alpha value is -4.15. The van der Waals surface area contributed by atoms with Gasteiger partial charge in [-0.15, -0.1) is 0 Å². The maximum absolute atomic E-state index is 12.7. The lowest BCUT2D eigenvalue weighted by molar-refractivity contribution is 0.187. The van der Waals surface area contributed by atoms with Crippen molar-refractivity contribution in [2.75, 3.05) is 43.9 Å². The second-order valence-electron chi connectivity index (χ2n) is 10.2. The van der Waals surface area contributed by atoms with Crippen molar-refractivity contribution in [3.8, 4) is 22.8 Å². The topological polar surface area (TPSA) is 106 Å². The number of aromatic nitrogens is 2. The summed E-state index contributed by atoms with van der Waals surface area (Å²) < 4.78 is 39.1. The van der Waals surface area contributed by atoms with Gasteiger partial charge in [0.1, 0.15) is 23.6 Å². The first kappa shape index (κ1) is 28.4. The van der Waals surface area contributed by atoms with E-state index in [1.54, 1.807) is 36.4 Å². The lowest BCUT2D eigenvalue weighted by Crippen LogP contribution is -2.30. The SMILES string of the molecule is COc1ccc(S(=O)(=O)Nc2ccc(Nc3cc(-c4ccc(OCCC5CCN(C)CC5)cc4)ncn3)cc2)cc1. The molecule has 0 radical (unpaired) electrons. The summed E-state index contributed by atoms with van der Waals surface area (Å²) in [5.74, 6) is 2.82. The molecule has 0 unspecified atom stereocenters. The summed E-state index contributed by atoms with van der Waals surface area (Å²) in [6, 6.07) is 23.0. The molecule has 41 heavy (non-hydrogen) atoms. The highest BCUT2D eigenvalue weighted by atomic mass is 32.2. The molecule has 1 fully saturated rings. The number of rotatable bonds is 11. The summed E-state index contributed by atoms with van der Waals surface area (Å²) in [6.07, 6.45) is 5.10. The molecule has 0 spiro atoms. The zero-order chi connectivity index (χ0) is 28.7. The van der Waals surface area contributed by atoms with E-state index in [4.69, 9.17) is 9.47 Å². The monoisotopic (exact) mass is 573 g/mol. The van der Waals surface area contributed by atoms with Crippen molar-refractivity contribution in [2.24, 2.45) is 5.92 Å². The summed E-state index contributed by atoms with van der Waals surface area (Å²) in [5.41, 5.74) is 2.95. The zero-order valence-electron chi connectivity index (χ0n) is 23.3. The molecule has 4 aromatic rings. The highest BCUT2D eigenvalue weighted by molar-refractivity contribution is 7.92. The zero-order valence-corrected chi connectivity index (χ0v) is 24.1. The largest absolute Gasteiger partial charge is 0.497 e. The maximum atomic E-state index is 12.7. The molecule has 214 valence electrons. The van der Waals surface area contributed by atoms with Crippen LogP contribution in [0.1, 0.15) is 19.3 Å². The Morgan fingerprint density at radius 1 is 0.878 bits per heavy atom. The van der Waals surface area contributed by atoms with E-state index in [9.17, 15) is 8.42 Å². The molecule has 3 aromatic carbocycles. The van der Waals surface area contributed by atoms with E-state index in [1.807, 2.05) is 30.3 Å². The standard InChI is InChI=1S/C31H35N5O4S/c1-36-18-15-23(16-19-36)17-20-40-28-9-3-24(4-10-28)30-21-31(33-22-32-30)34-25-5-7-26(8-6-25)35-41(37,38)29-13-11-27(39-2)12-14-29/h3-14,21-23,35H,15-20H2,1-2H3,(H,32,33,34). The average Bonchev–Trinajstić information content (AvgIpc) is 2.99. The maximum Gasteiger partial charge on any atom is 0.261 e. The summed E-state index contributed by atoms with van der Waals surface area (Å²) in [4.78, 5) is 11.3. The number of methoxy groups -OCH3 is 1. The molecule has 1 aliphatic rings. The fourth-order valence-corrected chi connectivity index (χ4v) is 5.80. The van der Waals surface area contributed by atoms with Crippen LogP contribution in [0.3, 0.4) is 0 Å². The number of hydrogen-bond donors (Lipinski definition) is 2. The number of anilines is 3. The summed E-state index contributed by atoms with van der Waals surface area (Å²) in [7, 11) is -0.00326. The van der Waals surface area contributed by atoms with Crippen molar-refractivity contribution in [2.45, 2.75) is 24.2 Å². The van der Waals surface area contributed by atoms with Crippen LogP contribution in [0.25, 0.3) is 11.3 Å². The van der Waals surface area contributed by atoms with E-state index in [0.717, 1.165) is 41.6 Å². The molecule has 5 rings (SSSR count). The Kier molecular flexibility index (Phi) is 9.01. The minimum atomic E-state index is -3.72. The van der Waals surface area contributed by atoms with Gasteiger partial charge >= 0.3 is 0 Å². The minimum Gasteiger partial charge on any atom is -0.497 e. The van der Waals surface area contributed by atoms with Crippen molar-refractivity contribution in [3.63, 3.8) is 0 Å². The third-order valence-electron chi connectivity index (χ3n) is 7.23. The summed E-state index contributed by atoms with van der Waals surface area (Å²) in [5, 5.41) is 3.25. The molecule has 2 heterocycles. The van der Waals surface area contributed by atoms with Gasteiger partial charge in [-0.1, -0.05) is 0 Å². The van der Waals surface area contributed by atoms with Crippen molar-refractivity contribution in [3.05, 3.63) is 85.2 Å². The first-order valence-corrected chi connectivity index (χ1v) is 15.1. The van der Waals surface area contributed by atoms with Crippen LogP contribution in [0.15, 0.2) is 90.1 Å². The Balaban J connectivity index is 1.15. The van der Waals surface area contributed by atoms with Gasteiger partial charge in [-0.25, -0.2) is 18.4 Å². The van der Waals surface area contributed by atoms with Crippen LogP contribution in [0.4, 0.5) is 17.2 Å². The Morgan fingerprint density at radius 3 is 2.22 bits per heavy atom. The van der Waals surface area contributed by atoms with Gasteiger partial charge in [-0.3, -0.25) is 4.72 Å². The number of likely N-dealkylation sites (tertiary alicyclic amines) is 1. The molecule has 1 saturated heterocycles. The lowest BCUT2D eigenvalue weighted by Gasteiger charge is -2.28. The van der Waals surface area contributed by atoms with E-state index >= 15 is 0 Å². The van der Waals surface area contributed by atoms with Gasteiger partial charge in [-0.05, 0) is 118 Å². The molecular formula is C31H35N5O4S. The number of benzene rings is 3. The van der Waals surface area contributed by atoms with Gasteiger partial charge in [0.15, 0.2) is 0 Å². The number of ether oxygens (including phenoxy) is 2. The lowest BCUT2D eigenvalue weighted by atomic mass is 9.94. The van der Waals surface area contributed by atoms with E-state index < -0.39 is 10.0 Å². The predicted molar refractivity (Wildman–Crippen MR) is 161 cm³/mol. The minimum absolute atomic E-state index is 0.154. The predicted octanol–water partition coefficient (Wildman–Crippen LogP) is 5.81. The van der Waals surface area contributed by atoms with Crippen LogP contribution in [0, 0.1) is 5.92 Å². The molecule has 0 atom stereocenters. The third-order valence-corrected chi connectivity index (χ3v) is 8.63. The Labute approximate surface area is 241 Å². The molecular weight excluding hydrogens is 538 g/mol. The Morgan fingerprint density at radius 2 is 1.54 bits per heavy atom. The molecule has 1 aliphatic heterocycles. The smallest absolute Gasteiger partial charge is 0.261 e. The number of nitrogens with one attached hydrogen (secondary N) is 2. The normalized spacial score (nSPS) is 14.4. The van der Waals surface area contributed by atoms with E-state index in [0.29, 0.717) is 17.3 Å². The van der Waals surface area contributed by atoms with Crippen molar-refractivity contribution in [1.82, 2.24) is 14.9 Å². The number of hydrogen-bond acceptors (Lipinski definition) is 8.